The first-order chi connectivity index (χ1) is 7.15. The average Bonchev–Trinajstić information content (AvgIpc) is 2.87. The van der Waals surface area contributed by atoms with Crippen molar-refractivity contribution in [2.45, 2.75) is 52.9 Å². The number of esters is 1. The summed E-state index contributed by atoms with van der Waals surface area (Å²) in [5, 5.41) is 0. The summed E-state index contributed by atoms with van der Waals surface area (Å²) < 4.78 is 5.04. The Morgan fingerprint density at radius 1 is 1.33 bits per heavy atom. The SMILES string of the molecule is CCCCCCC1=CC1(C)C(=O)OCC. The zero-order chi connectivity index (χ0) is 11.3. The van der Waals surface area contributed by atoms with Crippen LogP contribution in [0.5, 0.6) is 0 Å². The molecule has 0 fully saturated rings. The summed E-state index contributed by atoms with van der Waals surface area (Å²) in [5.41, 5.74) is 0.930. The summed E-state index contributed by atoms with van der Waals surface area (Å²) in [7, 11) is 0. The normalized spacial score (nSPS) is 23.5. The van der Waals surface area contributed by atoms with E-state index in [0.717, 1.165) is 6.42 Å². The van der Waals surface area contributed by atoms with Gasteiger partial charge in [0.1, 0.15) is 5.41 Å². The van der Waals surface area contributed by atoms with Crippen LogP contribution in [0.3, 0.4) is 0 Å². The fourth-order valence-corrected chi connectivity index (χ4v) is 1.86. The molecule has 1 atom stereocenters. The molecule has 1 unspecified atom stereocenters. The topological polar surface area (TPSA) is 26.3 Å². The molecule has 0 saturated heterocycles. The van der Waals surface area contributed by atoms with Crippen LogP contribution in [0.1, 0.15) is 52.9 Å². The van der Waals surface area contributed by atoms with Crippen LogP contribution in [0.25, 0.3) is 0 Å². The molecule has 0 N–H and O–H groups in total. The number of carbonyl (C=O) groups excluding carboxylic acids is 1. The van der Waals surface area contributed by atoms with Gasteiger partial charge in [0, 0.05) is 0 Å². The fourth-order valence-electron chi connectivity index (χ4n) is 1.86. The summed E-state index contributed by atoms with van der Waals surface area (Å²) in [6.45, 7) is 6.50. The Hall–Kier alpha value is -0.790. The van der Waals surface area contributed by atoms with Crippen molar-refractivity contribution < 1.29 is 9.53 Å². The van der Waals surface area contributed by atoms with Gasteiger partial charge in [-0.2, -0.15) is 0 Å². The summed E-state index contributed by atoms with van der Waals surface area (Å²) in [6.07, 6.45) is 8.14. The highest BCUT2D eigenvalue weighted by Crippen LogP contribution is 2.47. The molecule has 0 saturated carbocycles. The summed E-state index contributed by atoms with van der Waals surface area (Å²) >= 11 is 0. The van der Waals surface area contributed by atoms with E-state index in [1.54, 1.807) is 0 Å². The lowest BCUT2D eigenvalue weighted by molar-refractivity contribution is -0.148. The second kappa shape index (κ2) is 5.34. The third-order valence-electron chi connectivity index (χ3n) is 3.05. The molecule has 1 rings (SSSR count). The van der Waals surface area contributed by atoms with E-state index in [4.69, 9.17) is 4.74 Å². The lowest BCUT2D eigenvalue weighted by atomic mass is 10.00. The lowest BCUT2D eigenvalue weighted by Gasteiger charge is -2.10. The van der Waals surface area contributed by atoms with Gasteiger partial charge in [-0.25, -0.2) is 0 Å². The Morgan fingerprint density at radius 3 is 2.67 bits per heavy atom. The summed E-state index contributed by atoms with van der Waals surface area (Å²) in [6, 6.07) is 0. The quantitative estimate of drug-likeness (QED) is 0.365. The van der Waals surface area contributed by atoms with Gasteiger partial charge in [-0.3, -0.25) is 4.79 Å². The van der Waals surface area contributed by atoms with Crippen LogP contribution in [-0.2, 0) is 9.53 Å². The smallest absolute Gasteiger partial charge is 0.319 e. The molecular formula is C13H22O2. The van der Waals surface area contributed by atoms with Crippen LogP contribution < -0.4 is 0 Å². The van der Waals surface area contributed by atoms with Gasteiger partial charge in [-0.1, -0.05) is 37.8 Å². The molecule has 0 radical (unpaired) electrons. The Morgan fingerprint density at radius 2 is 2.07 bits per heavy atom. The minimum atomic E-state index is -0.345. The molecule has 1 aliphatic rings. The van der Waals surface area contributed by atoms with E-state index in [-0.39, 0.29) is 11.4 Å². The molecule has 0 aliphatic heterocycles. The number of unbranched alkanes of at least 4 members (excludes halogenated alkanes) is 3. The summed E-state index contributed by atoms with van der Waals surface area (Å²) in [5.74, 6) is -0.0736. The van der Waals surface area contributed by atoms with Crippen molar-refractivity contribution in [2.75, 3.05) is 6.61 Å². The highest BCUT2D eigenvalue weighted by Gasteiger charge is 2.46. The lowest BCUT2D eigenvalue weighted by Crippen LogP contribution is -2.18. The first-order valence-electron chi connectivity index (χ1n) is 6.04. The monoisotopic (exact) mass is 210 g/mol. The van der Waals surface area contributed by atoms with Crippen LogP contribution >= 0.6 is 0 Å². The van der Waals surface area contributed by atoms with Crippen LogP contribution in [0.2, 0.25) is 0 Å². The molecule has 0 bridgehead atoms. The van der Waals surface area contributed by atoms with Crippen molar-refractivity contribution in [3.63, 3.8) is 0 Å². The van der Waals surface area contributed by atoms with Crippen LogP contribution in [0, 0.1) is 5.41 Å². The molecular weight excluding hydrogens is 188 g/mol. The first kappa shape index (κ1) is 12.3. The van der Waals surface area contributed by atoms with Gasteiger partial charge >= 0.3 is 5.97 Å². The zero-order valence-corrected chi connectivity index (χ0v) is 10.1. The van der Waals surface area contributed by atoms with Gasteiger partial charge in [0.05, 0.1) is 6.61 Å². The molecule has 15 heavy (non-hydrogen) atoms. The fraction of sp³-hybridized carbons (Fsp3) is 0.769. The standard InChI is InChI=1S/C13H22O2/c1-4-6-7-8-9-11-10-13(11,3)12(14)15-5-2/h10H,4-9H2,1-3H3. The van der Waals surface area contributed by atoms with Gasteiger partial charge in [0.2, 0.25) is 0 Å². The first-order valence-corrected chi connectivity index (χ1v) is 6.04. The maximum Gasteiger partial charge on any atom is 0.319 e. The maximum atomic E-state index is 11.6. The second-order valence-corrected chi connectivity index (χ2v) is 4.40. The van der Waals surface area contributed by atoms with E-state index < -0.39 is 0 Å². The molecule has 2 heteroatoms. The second-order valence-electron chi connectivity index (χ2n) is 4.40. The van der Waals surface area contributed by atoms with Crippen molar-refractivity contribution in [3.8, 4) is 0 Å². The highest BCUT2D eigenvalue weighted by molar-refractivity contribution is 5.88. The molecule has 0 aromatic heterocycles. The van der Waals surface area contributed by atoms with E-state index in [1.165, 1.54) is 31.3 Å². The van der Waals surface area contributed by atoms with E-state index in [1.807, 2.05) is 13.8 Å². The van der Waals surface area contributed by atoms with Gasteiger partial charge in [0.15, 0.2) is 0 Å². The van der Waals surface area contributed by atoms with E-state index in [2.05, 4.69) is 13.0 Å². The number of hydrogen-bond acceptors (Lipinski definition) is 2. The van der Waals surface area contributed by atoms with Crippen molar-refractivity contribution >= 4 is 5.97 Å². The minimum absolute atomic E-state index is 0.0736. The third-order valence-corrected chi connectivity index (χ3v) is 3.05. The number of hydrogen-bond donors (Lipinski definition) is 0. The van der Waals surface area contributed by atoms with Crippen molar-refractivity contribution in [1.29, 1.82) is 0 Å². The largest absolute Gasteiger partial charge is 0.465 e. The minimum Gasteiger partial charge on any atom is -0.465 e. The molecule has 0 heterocycles. The maximum absolute atomic E-state index is 11.6. The molecule has 0 spiro atoms. The Kier molecular flexibility index (Phi) is 4.37. The number of carbonyl (C=O) groups is 1. The molecule has 2 nitrogen and oxygen atoms in total. The zero-order valence-electron chi connectivity index (χ0n) is 10.1. The summed E-state index contributed by atoms with van der Waals surface area (Å²) in [4.78, 5) is 11.6. The molecule has 0 aromatic carbocycles. The van der Waals surface area contributed by atoms with Gasteiger partial charge in [-0.15, -0.1) is 0 Å². The van der Waals surface area contributed by atoms with Crippen LogP contribution in [0.15, 0.2) is 11.6 Å². The number of rotatable bonds is 7. The van der Waals surface area contributed by atoms with E-state index in [0.29, 0.717) is 6.61 Å². The van der Waals surface area contributed by atoms with Crippen LogP contribution in [-0.4, -0.2) is 12.6 Å². The van der Waals surface area contributed by atoms with Gasteiger partial charge in [0.25, 0.3) is 0 Å². The van der Waals surface area contributed by atoms with Crippen molar-refractivity contribution in [1.82, 2.24) is 0 Å². The van der Waals surface area contributed by atoms with Crippen molar-refractivity contribution in [3.05, 3.63) is 11.6 Å². The number of ether oxygens (including phenoxy) is 1. The Balaban J connectivity index is 2.19. The molecule has 1 aliphatic carbocycles. The van der Waals surface area contributed by atoms with Crippen LogP contribution in [0.4, 0.5) is 0 Å². The molecule has 86 valence electrons. The highest BCUT2D eigenvalue weighted by atomic mass is 16.5. The average molecular weight is 210 g/mol. The molecule has 0 amide bonds. The van der Waals surface area contributed by atoms with E-state index in [9.17, 15) is 4.79 Å². The van der Waals surface area contributed by atoms with E-state index >= 15 is 0 Å². The van der Waals surface area contributed by atoms with Gasteiger partial charge < -0.3 is 4.74 Å². The van der Waals surface area contributed by atoms with Crippen molar-refractivity contribution in [2.24, 2.45) is 5.41 Å². The van der Waals surface area contributed by atoms with Gasteiger partial charge in [-0.05, 0) is 26.7 Å². The third kappa shape index (κ3) is 3.08. The Labute approximate surface area is 92.7 Å². The molecule has 0 aromatic rings. The Bertz CT molecular complexity index is 255. The predicted octanol–water partition coefficient (Wildman–Crippen LogP) is 3.47. The predicted molar refractivity (Wildman–Crippen MR) is 61.6 cm³/mol.